The number of hydrogen-bond donors (Lipinski definition) is 4. The standard InChI is InChI=1S/C22H23N5O2/c1-15(25-14-16-5-4-12-24-13-16)21(28)26-18-10-8-17(9-11-18)22(29)27-20-7-3-2-6-19(20)23/h2-13,15,25H,14,23H2,1H3,(H,26,28)(H,27,29). The highest BCUT2D eigenvalue weighted by molar-refractivity contribution is 6.06. The number of nitrogens with two attached hydrogens (primary N) is 1. The van der Waals surface area contributed by atoms with Gasteiger partial charge in [-0.25, -0.2) is 0 Å². The van der Waals surface area contributed by atoms with Crippen LogP contribution in [0.2, 0.25) is 0 Å². The molecule has 0 radical (unpaired) electrons. The van der Waals surface area contributed by atoms with Gasteiger partial charge in [0.2, 0.25) is 5.91 Å². The Bertz CT molecular complexity index is 974. The first-order valence-electron chi connectivity index (χ1n) is 9.22. The molecule has 0 aliphatic carbocycles. The molecule has 0 bridgehead atoms. The molecule has 0 saturated heterocycles. The molecular formula is C22H23N5O2. The topological polar surface area (TPSA) is 109 Å². The van der Waals surface area contributed by atoms with E-state index in [-0.39, 0.29) is 17.9 Å². The Labute approximate surface area is 169 Å². The second-order valence-corrected chi connectivity index (χ2v) is 6.57. The van der Waals surface area contributed by atoms with Crippen molar-refractivity contribution >= 4 is 28.9 Å². The smallest absolute Gasteiger partial charge is 0.255 e. The zero-order valence-electron chi connectivity index (χ0n) is 16.1. The quantitative estimate of drug-likeness (QED) is 0.465. The Morgan fingerprint density at radius 2 is 1.76 bits per heavy atom. The summed E-state index contributed by atoms with van der Waals surface area (Å²) in [6, 6.07) is 17.1. The van der Waals surface area contributed by atoms with Gasteiger partial charge < -0.3 is 21.7 Å². The zero-order valence-corrected chi connectivity index (χ0v) is 16.1. The Balaban J connectivity index is 1.53. The highest BCUT2D eigenvalue weighted by atomic mass is 16.2. The van der Waals surface area contributed by atoms with Crippen LogP contribution in [0.5, 0.6) is 0 Å². The normalized spacial score (nSPS) is 11.5. The van der Waals surface area contributed by atoms with E-state index in [2.05, 4.69) is 20.9 Å². The minimum absolute atomic E-state index is 0.164. The molecule has 5 N–H and O–H groups in total. The number of amides is 2. The molecule has 1 unspecified atom stereocenters. The van der Waals surface area contributed by atoms with Crippen LogP contribution in [0.4, 0.5) is 17.1 Å². The summed E-state index contributed by atoms with van der Waals surface area (Å²) in [5, 5.41) is 8.76. The van der Waals surface area contributed by atoms with Gasteiger partial charge in [0.15, 0.2) is 0 Å². The third-order valence-corrected chi connectivity index (χ3v) is 4.35. The SMILES string of the molecule is CC(NCc1cccnc1)C(=O)Nc1ccc(C(=O)Nc2ccccc2N)cc1. The van der Waals surface area contributed by atoms with E-state index in [0.29, 0.717) is 29.2 Å². The molecule has 1 atom stereocenters. The van der Waals surface area contributed by atoms with Crippen LogP contribution in [-0.4, -0.2) is 22.8 Å². The number of rotatable bonds is 7. The lowest BCUT2D eigenvalue weighted by atomic mass is 10.1. The van der Waals surface area contributed by atoms with Crippen LogP contribution in [0, 0.1) is 0 Å². The van der Waals surface area contributed by atoms with Gasteiger partial charge in [0, 0.05) is 30.2 Å². The number of carbonyl (C=O) groups excluding carboxylic acids is 2. The van der Waals surface area contributed by atoms with Gasteiger partial charge >= 0.3 is 0 Å². The Morgan fingerprint density at radius 1 is 1.00 bits per heavy atom. The average molecular weight is 389 g/mol. The average Bonchev–Trinajstić information content (AvgIpc) is 2.74. The summed E-state index contributed by atoms with van der Waals surface area (Å²) >= 11 is 0. The summed E-state index contributed by atoms with van der Waals surface area (Å²) in [5.41, 5.74) is 8.98. The maximum atomic E-state index is 12.4. The van der Waals surface area contributed by atoms with E-state index in [1.807, 2.05) is 12.1 Å². The van der Waals surface area contributed by atoms with Crippen molar-refractivity contribution in [3.05, 3.63) is 84.2 Å². The first-order chi connectivity index (χ1) is 14.0. The summed E-state index contributed by atoms with van der Waals surface area (Å²) in [6.07, 6.45) is 3.46. The summed E-state index contributed by atoms with van der Waals surface area (Å²) in [4.78, 5) is 28.8. The van der Waals surface area contributed by atoms with Crippen molar-refractivity contribution in [3.63, 3.8) is 0 Å². The van der Waals surface area contributed by atoms with Crippen LogP contribution in [0.15, 0.2) is 73.1 Å². The molecule has 2 aromatic carbocycles. The molecule has 3 aromatic rings. The fourth-order valence-corrected chi connectivity index (χ4v) is 2.63. The molecule has 0 saturated carbocycles. The van der Waals surface area contributed by atoms with E-state index in [9.17, 15) is 9.59 Å². The van der Waals surface area contributed by atoms with Gasteiger partial charge in [0.05, 0.1) is 17.4 Å². The van der Waals surface area contributed by atoms with Gasteiger partial charge in [-0.15, -0.1) is 0 Å². The van der Waals surface area contributed by atoms with E-state index in [0.717, 1.165) is 5.56 Å². The Morgan fingerprint density at radius 3 is 2.45 bits per heavy atom. The fraction of sp³-hybridized carbons (Fsp3) is 0.136. The monoisotopic (exact) mass is 389 g/mol. The van der Waals surface area contributed by atoms with Gasteiger partial charge in [-0.1, -0.05) is 18.2 Å². The largest absolute Gasteiger partial charge is 0.397 e. The van der Waals surface area contributed by atoms with Crippen molar-refractivity contribution in [3.8, 4) is 0 Å². The van der Waals surface area contributed by atoms with Gasteiger partial charge in [0.1, 0.15) is 0 Å². The molecule has 7 heteroatoms. The summed E-state index contributed by atoms with van der Waals surface area (Å²) in [7, 11) is 0. The van der Waals surface area contributed by atoms with E-state index < -0.39 is 0 Å². The van der Waals surface area contributed by atoms with Crippen LogP contribution >= 0.6 is 0 Å². The van der Waals surface area contributed by atoms with Crippen LogP contribution in [0.25, 0.3) is 0 Å². The molecule has 0 spiro atoms. The molecule has 1 heterocycles. The lowest BCUT2D eigenvalue weighted by Gasteiger charge is -2.14. The maximum Gasteiger partial charge on any atom is 0.255 e. The third-order valence-electron chi connectivity index (χ3n) is 4.35. The van der Waals surface area contributed by atoms with Gasteiger partial charge in [0.25, 0.3) is 5.91 Å². The molecule has 2 amide bonds. The molecule has 29 heavy (non-hydrogen) atoms. The summed E-state index contributed by atoms with van der Waals surface area (Å²) < 4.78 is 0. The summed E-state index contributed by atoms with van der Waals surface area (Å²) in [5.74, 6) is -0.435. The van der Waals surface area contributed by atoms with Crippen molar-refractivity contribution in [1.29, 1.82) is 0 Å². The molecule has 0 aliphatic rings. The van der Waals surface area contributed by atoms with Crippen LogP contribution in [-0.2, 0) is 11.3 Å². The second-order valence-electron chi connectivity index (χ2n) is 6.57. The van der Waals surface area contributed by atoms with E-state index in [1.165, 1.54) is 0 Å². The third kappa shape index (κ3) is 5.63. The number of nitrogens with zero attached hydrogens (tertiary/aromatic N) is 1. The lowest BCUT2D eigenvalue weighted by Crippen LogP contribution is -2.37. The predicted octanol–water partition coefficient (Wildman–Crippen LogP) is 3.03. The molecule has 0 aliphatic heterocycles. The number of aromatic nitrogens is 1. The Kier molecular flexibility index (Phi) is 6.55. The molecule has 3 rings (SSSR count). The number of pyridine rings is 1. The highest BCUT2D eigenvalue weighted by Crippen LogP contribution is 2.18. The molecular weight excluding hydrogens is 366 g/mol. The van der Waals surface area contributed by atoms with Crippen molar-refractivity contribution in [2.45, 2.75) is 19.5 Å². The molecule has 148 valence electrons. The van der Waals surface area contributed by atoms with Gasteiger partial charge in [-0.2, -0.15) is 0 Å². The number of hydrogen-bond acceptors (Lipinski definition) is 5. The fourth-order valence-electron chi connectivity index (χ4n) is 2.63. The predicted molar refractivity (Wildman–Crippen MR) is 114 cm³/mol. The number of nitrogen functional groups attached to an aromatic ring is 1. The van der Waals surface area contributed by atoms with E-state index in [1.54, 1.807) is 67.8 Å². The first kappa shape index (κ1) is 20.0. The van der Waals surface area contributed by atoms with Crippen LogP contribution in [0.1, 0.15) is 22.8 Å². The first-order valence-corrected chi connectivity index (χ1v) is 9.22. The number of carbonyl (C=O) groups is 2. The van der Waals surface area contributed by atoms with Gasteiger partial charge in [-0.3, -0.25) is 14.6 Å². The molecule has 1 aromatic heterocycles. The number of anilines is 3. The highest BCUT2D eigenvalue weighted by Gasteiger charge is 2.13. The number of para-hydroxylation sites is 2. The Hall–Kier alpha value is -3.71. The number of benzene rings is 2. The minimum Gasteiger partial charge on any atom is -0.397 e. The molecule has 7 nitrogen and oxygen atoms in total. The maximum absolute atomic E-state index is 12.4. The van der Waals surface area contributed by atoms with Crippen LogP contribution < -0.4 is 21.7 Å². The van der Waals surface area contributed by atoms with E-state index >= 15 is 0 Å². The zero-order chi connectivity index (χ0) is 20.6. The van der Waals surface area contributed by atoms with Crippen molar-refractivity contribution in [2.75, 3.05) is 16.4 Å². The van der Waals surface area contributed by atoms with E-state index in [4.69, 9.17) is 5.73 Å². The van der Waals surface area contributed by atoms with Crippen molar-refractivity contribution in [1.82, 2.24) is 10.3 Å². The van der Waals surface area contributed by atoms with Crippen LogP contribution in [0.3, 0.4) is 0 Å². The molecule has 0 fully saturated rings. The lowest BCUT2D eigenvalue weighted by molar-refractivity contribution is -0.117. The second kappa shape index (κ2) is 9.48. The summed E-state index contributed by atoms with van der Waals surface area (Å²) in [6.45, 7) is 2.34. The minimum atomic E-state index is -0.390. The van der Waals surface area contributed by atoms with Gasteiger partial charge in [-0.05, 0) is 55.0 Å². The number of nitrogens with one attached hydrogen (secondary N) is 3. The van der Waals surface area contributed by atoms with Crippen molar-refractivity contribution < 1.29 is 9.59 Å². The van der Waals surface area contributed by atoms with Crippen molar-refractivity contribution in [2.24, 2.45) is 0 Å².